The van der Waals surface area contributed by atoms with Gasteiger partial charge < -0.3 is 0 Å². The van der Waals surface area contributed by atoms with Gasteiger partial charge in [-0.3, -0.25) is 4.79 Å². The minimum Gasteiger partial charge on any atom is -0.299 e. The number of hydrogen-bond donors (Lipinski definition) is 0. The molecule has 0 radical (unpaired) electrons. The van der Waals surface area contributed by atoms with Gasteiger partial charge in [-0.05, 0) is 25.7 Å². The molecule has 1 aliphatic rings. The molecule has 0 aliphatic heterocycles. The van der Waals surface area contributed by atoms with Crippen molar-refractivity contribution in [3.05, 3.63) is 10.6 Å². The Morgan fingerprint density at radius 1 is 1.69 bits per heavy atom. The fourth-order valence-corrected chi connectivity index (χ4v) is 2.40. The van der Waals surface area contributed by atoms with Crippen LogP contribution in [0.25, 0.3) is 0 Å². The minimum atomic E-state index is 0.181. The average Bonchev–Trinajstić information content (AvgIpc) is 2.15. The lowest BCUT2D eigenvalue weighted by molar-refractivity contribution is -0.122. The van der Waals surface area contributed by atoms with Crippen molar-refractivity contribution < 1.29 is 4.79 Å². The summed E-state index contributed by atoms with van der Waals surface area (Å²) in [6.07, 6.45) is 8.38. The SMILES string of the molecule is CCCCC(=O)[C@@H]1CCCC=C1Br. The van der Waals surface area contributed by atoms with Crippen LogP contribution in [0.5, 0.6) is 0 Å². The molecular formula is C11H17BrO. The van der Waals surface area contributed by atoms with Crippen LogP contribution in [0.3, 0.4) is 0 Å². The van der Waals surface area contributed by atoms with Crippen molar-refractivity contribution in [3.63, 3.8) is 0 Å². The Kier molecular flexibility index (Phi) is 4.71. The lowest BCUT2D eigenvalue weighted by atomic mass is 9.90. The van der Waals surface area contributed by atoms with Gasteiger partial charge in [0.1, 0.15) is 5.78 Å². The van der Waals surface area contributed by atoms with Crippen molar-refractivity contribution in [2.45, 2.75) is 45.4 Å². The maximum absolute atomic E-state index is 11.7. The molecule has 74 valence electrons. The van der Waals surface area contributed by atoms with Crippen molar-refractivity contribution >= 4 is 21.7 Å². The van der Waals surface area contributed by atoms with E-state index in [-0.39, 0.29) is 5.92 Å². The zero-order valence-electron chi connectivity index (χ0n) is 8.18. The van der Waals surface area contributed by atoms with Gasteiger partial charge in [0, 0.05) is 16.8 Å². The molecular weight excluding hydrogens is 228 g/mol. The zero-order valence-corrected chi connectivity index (χ0v) is 9.77. The third kappa shape index (κ3) is 3.26. The van der Waals surface area contributed by atoms with Crippen LogP contribution in [-0.2, 0) is 4.79 Å². The Morgan fingerprint density at radius 3 is 3.08 bits per heavy atom. The fraction of sp³-hybridized carbons (Fsp3) is 0.727. The lowest BCUT2D eigenvalue weighted by Gasteiger charge is -2.18. The summed E-state index contributed by atoms with van der Waals surface area (Å²) >= 11 is 3.49. The summed E-state index contributed by atoms with van der Waals surface area (Å²) in [5, 5.41) is 0. The first-order chi connectivity index (χ1) is 6.25. The maximum atomic E-state index is 11.7. The third-order valence-electron chi connectivity index (χ3n) is 2.53. The smallest absolute Gasteiger partial charge is 0.140 e. The van der Waals surface area contributed by atoms with Crippen LogP contribution in [0, 0.1) is 5.92 Å². The van der Waals surface area contributed by atoms with Crippen molar-refractivity contribution in [3.8, 4) is 0 Å². The van der Waals surface area contributed by atoms with Crippen LogP contribution < -0.4 is 0 Å². The van der Waals surface area contributed by atoms with E-state index in [4.69, 9.17) is 0 Å². The number of Topliss-reactive ketones (excluding diaryl/α,β-unsaturated/α-hetero) is 1. The Bertz CT molecular complexity index is 208. The van der Waals surface area contributed by atoms with E-state index in [1.54, 1.807) is 0 Å². The van der Waals surface area contributed by atoms with E-state index in [0.717, 1.165) is 43.0 Å². The van der Waals surface area contributed by atoms with Gasteiger partial charge in [-0.2, -0.15) is 0 Å². The summed E-state index contributed by atoms with van der Waals surface area (Å²) < 4.78 is 1.12. The van der Waals surface area contributed by atoms with E-state index in [1.807, 2.05) is 0 Å². The topological polar surface area (TPSA) is 17.1 Å². The second-order valence-electron chi connectivity index (χ2n) is 3.64. The van der Waals surface area contributed by atoms with Crippen molar-refractivity contribution in [1.82, 2.24) is 0 Å². The molecule has 0 aromatic rings. The summed E-state index contributed by atoms with van der Waals surface area (Å²) in [7, 11) is 0. The highest BCUT2D eigenvalue weighted by molar-refractivity contribution is 9.11. The molecule has 1 rings (SSSR count). The van der Waals surface area contributed by atoms with E-state index >= 15 is 0 Å². The molecule has 0 unspecified atom stereocenters. The normalized spacial score (nSPS) is 22.6. The number of halogens is 1. The van der Waals surface area contributed by atoms with E-state index in [9.17, 15) is 4.79 Å². The van der Waals surface area contributed by atoms with Gasteiger partial charge >= 0.3 is 0 Å². The first kappa shape index (κ1) is 11.0. The molecule has 0 bridgehead atoms. The number of carbonyl (C=O) groups is 1. The van der Waals surface area contributed by atoms with Gasteiger partial charge in [0.2, 0.25) is 0 Å². The van der Waals surface area contributed by atoms with Gasteiger partial charge in [0.05, 0.1) is 0 Å². The first-order valence-electron chi connectivity index (χ1n) is 5.14. The van der Waals surface area contributed by atoms with E-state index in [0.29, 0.717) is 5.78 Å². The van der Waals surface area contributed by atoms with E-state index in [1.165, 1.54) is 0 Å². The predicted molar refractivity (Wildman–Crippen MR) is 58.9 cm³/mol. The van der Waals surface area contributed by atoms with Gasteiger partial charge in [-0.15, -0.1) is 0 Å². The molecule has 2 heteroatoms. The Balaban J connectivity index is 2.45. The Labute approximate surface area is 88.7 Å². The van der Waals surface area contributed by atoms with Crippen LogP contribution in [0.4, 0.5) is 0 Å². The van der Waals surface area contributed by atoms with Crippen LogP contribution >= 0.6 is 15.9 Å². The summed E-state index contributed by atoms with van der Waals surface area (Å²) in [5.74, 6) is 0.602. The number of carbonyl (C=O) groups excluding carboxylic acids is 1. The molecule has 1 nitrogen and oxygen atoms in total. The Hall–Kier alpha value is -0.110. The number of rotatable bonds is 4. The minimum absolute atomic E-state index is 0.181. The third-order valence-corrected chi connectivity index (χ3v) is 3.41. The summed E-state index contributed by atoms with van der Waals surface area (Å²) in [5.41, 5.74) is 0. The standard InChI is InChI=1S/C11H17BrO/c1-2-3-8-11(13)9-6-4-5-7-10(9)12/h7,9H,2-6,8H2,1H3/t9-/m1/s1. The second-order valence-corrected chi connectivity index (χ2v) is 4.56. The molecule has 0 amide bonds. The summed E-state index contributed by atoms with van der Waals surface area (Å²) in [4.78, 5) is 11.7. The lowest BCUT2D eigenvalue weighted by Crippen LogP contribution is -2.16. The van der Waals surface area contributed by atoms with Crippen molar-refractivity contribution in [1.29, 1.82) is 0 Å². The summed E-state index contributed by atoms with van der Waals surface area (Å²) in [6.45, 7) is 2.12. The number of unbranched alkanes of at least 4 members (excludes halogenated alkanes) is 1. The molecule has 13 heavy (non-hydrogen) atoms. The molecule has 0 saturated heterocycles. The van der Waals surface area contributed by atoms with E-state index in [2.05, 4.69) is 28.9 Å². The number of ketones is 1. The second kappa shape index (κ2) is 5.58. The van der Waals surface area contributed by atoms with Crippen LogP contribution in [0.1, 0.15) is 45.4 Å². The molecule has 0 fully saturated rings. The largest absolute Gasteiger partial charge is 0.299 e. The molecule has 0 aromatic carbocycles. The highest BCUT2D eigenvalue weighted by atomic mass is 79.9. The van der Waals surface area contributed by atoms with Gasteiger partial charge in [0.25, 0.3) is 0 Å². The highest BCUT2D eigenvalue weighted by Crippen LogP contribution is 2.30. The maximum Gasteiger partial charge on any atom is 0.140 e. The number of allylic oxidation sites excluding steroid dienone is 2. The molecule has 0 N–H and O–H groups in total. The van der Waals surface area contributed by atoms with Gasteiger partial charge in [-0.25, -0.2) is 0 Å². The van der Waals surface area contributed by atoms with Gasteiger partial charge in [-0.1, -0.05) is 35.4 Å². The quantitative estimate of drug-likeness (QED) is 0.735. The van der Waals surface area contributed by atoms with Crippen LogP contribution in [0.15, 0.2) is 10.6 Å². The molecule has 0 aromatic heterocycles. The molecule has 0 saturated carbocycles. The zero-order chi connectivity index (χ0) is 9.68. The summed E-state index contributed by atoms with van der Waals surface area (Å²) in [6, 6.07) is 0. The van der Waals surface area contributed by atoms with Crippen molar-refractivity contribution in [2.75, 3.05) is 0 Å². The number of hydrogen-bond acceptors (Lipinski definition) is 1. The van der Waals surface area contributed by atoms with Crippen molar-refractivity contribution in [2.24, 2.45) is 5.92 Å². The average molecular weight is 245 g/mol. The Morgan fingerprint density at radius 2 is 2.46 bits per heavy atom. The molecule has 0 heterocycles. The highest BCUT2D eigenvalue weighted by Gasteiger charge is 2.22. The fourth-order valence-electron chi connectivity index (χ4n) is 1.68. The first-order valence-corrected chi connectivity index (χ1v) is 5.93. The van der Waals surface area contributed by atoms with Crippen LogP contribution in [-0.4, -0.2) is 5.78 Å². The molecule has 1 aliphatic carbocycles. The monoisotopic (exact) mass is 244 g/mol. The van der Waals surface area contributed by atoms with Crippen LogP contribution in [0.2, 0.25) is 0 Å². The predicted octanol–water partition coefficient (Wildman–Crippen LogP) is 3.82. The molecule has 0 spiro atoms. The van der Waals surface area contributed by atoms with E-state index < -0.39 is 0 Å². The van der Waals surface area contributed by atoms with Gasteiger partial charge in [0.15, 0.2) is 0 Å². The molecule has 1 atom stereocenters.